The van der Waals surface area contributed by atoms with Crippen LogP contribution in [0.2, 0.25) is 0 Å². The van der Waals surface area contributed by atoms with Gasteiger partial charge in [0.05, 0.1) is 0 Å². The zero-order chi connectivity index (χ0) is 14.0. The van der Waals surface area contributed by atoms with Crippen molar-refractivity contribution in [1.82, 2.24) is 9.97 Å². The van der Waals surface area contributed by atoms with Crippen LogP contribution in [-0.2, 0) is 0 Å². The molecule has 0 atom stereocenters. The van der Waals surface area contributed by atoms with E-state index in [1.807, 2.05) is 26.8 Å². The molecule has 0 unspecified atom stereocenters. The first-order chi connectivity index (χ1) is 8.99. The van der Waals surface area contributed by atoms with E-state index in [2.05, 4.69) is 48.8 Å². The molecule has 19 heavy (non-hydrogen) atoms. The van der Waals surface area contributed by atoms with Crippen LogP contribution in [0.1, 0.15) is 17.0 Å². The molecule has 1 heterocycles. The van der Waals surface area contributed by atoms with E-state index in [0.29, 0.717) is 11.6 Å². The van der Waals surface area contributed by atoms with Crippen LogP contribution in [0.4, 0.5) is 17.3 Å². The maximum Gasteiger partial charge on any atom is 0.148 e. The Morgan fingerprint density at radius 3 is 2.37 bits per heavy atom. The van der Waals surface area contributed by atoms with Crippen molar-refractivity contribution in [2.45, 2.75) is 20.8 Å². The number of hydrogen-bond acceptors (Lipinski definition) is 5. The summed E-state index contributed by atoms with van der Waals surface area (Å²) in [6.07, 6.45) is 0. The Balaban J connectivity index is 2.40. The van der Waals surface area contributed by atoms with E-state index < -0.39 is 0 Å². The highest BCUT2D eigenvalue weighted by atomic mass is 79.9. The van der Waals surface area contributed by atoms with E-state index in [1.165, 1.54) is 0 Å². The number of nitrogens with one attached hydrogen (secondary N) is 2. The first kappa shape index (κ1) is 13.8. The van der Waals surface area contributed by atoms with E-state index in [-0.39, 0.29) is 0 Å². The number of hydrogen-bond donors (Lipinski definition) is 3. The molecule has 2 rings (SSSR count). The molecule has 0 spiro atoms. The molecule has 0 radical (unpaired) electrons. The predicted molar refractivity (Wildman–Crippen MR) is 81.5 cm³/mol. The SMILES string of the molecule is Cc1cc(Br)cc(Nc2nc(C)nc(NN)c2C)c1. The Labute approximate surface area is 120 Å². The summed E-state index contributed by atoms with van der Waals surface area (Å²) in [6.45, 7) is 5.79. The monoisotopic (exact) mass is 321 g/mol. The van der Waals surface area contributed by atoms with Gasteiger partial charge in [0, 0.05) is 15.7 Å². The van der Waals surface area contributed by atoms with Crippen molar-refractivity contribution in [3.05, 3.63) is 39.6 Å². The van der Waals surface area contributed by atoms with Crippen LogP contribution < -0.4 is 16.6 Å². The molecule has 1 aromatic heterocycles. The Hall–Kier alpha value is -1.66. The average Bonchev–Trinajstić information content (AvgIpc) is 2.32. The van der Waals surface area contributed by atoms with Gasteiger partial charge >= 0.3 is 0 Å². The highest BCUT2D eigenvalue weighted by Crippen LogP contribution is 2.25. The lowest BCUT2D eigenvalue weighted by atomic mass is 10.2. The van der Waals surface area contributed by atoms with Gasteiger partial charge < -0.3 is 10.7 Å². The maximum absolute atomic E-state index is 5.45. The molecular weight excluding hydrogens is 306 g/mol. The molecule has 100 valence electrons. The Morgan fingerprint density at radius 1 is 1.05 bits per heavy atom. The normalized spacial score (nSPS) is 10.4. The van der Waals surface area contributed by atoms with Crippen molar-refractivity contribution < 1.29 is 0 Å². The highest BCUT2D eigenvalue weighted by molar-refractivity contribution is 9.10. The fourth-order valence-electron chi connectivity index (χ4n) is 1.84. The average molecular weight is 322 g/mol. The Kier molecular flexibility index (Phi) is 4.01. The molecule has 5 nitrogen and oxygen atoms in total. The van der Waals surface area contributed by atoms with Gasteiger partial charge in [-0.1, -0.05) is 15.9 Å². The zero-order valence-corrected chi connectivity index (χ0v) is 12.7. The third-order valence-electron chi connectivity index (χ3n) is 2.70. The zero-order valence-electron chi connectivity index (χ0n) is 11.1. The van der Waals surface area contributed by atoms with Gasteiger partial charge in [0.25, 0.3) is 0 Å². The summed E-state index contributed by atoms with van der Waals surface area (Å²) in [6, 6.07) is 6.10. The van der Waals surface area contributed by atoms with Crippen LogP contribution in [0.5, 0.6) is 0 Å². The van der Waals surface area contributed by atoms with E-state index in [1.54, 1.807) is 0 Å². The molecule has 6 heteroatoms. The highest BCUT2D eigenvalue weighted by Gasteiger charge is 2.09. The minimum Gasteiger partial charge on any atom is -0.340 e. The van der Waals surface area contributed by atoms with Gasteiger partial charge in [-0.25, -0.2) is 15.8 Å². The minimum atomic E-state index is 0.627. The summed E-state index contributed by atoms with van der Waals surface area (Å²) in [5, 5.41) is 3.29. The van der Waals surface area contributed by atoms with Crippen LogP contribution in [0.3, 0.4) is 0 Å². The summed E-state index contributed by atoms with van der Waals surface area (Å²) in [7, 11) is 0. The molecule has 0 aliphatic carbocycles. The van der Waals surface area contributed by atoms with E-state index >= 15 is 0 Å². The third-order valence-corrected chi connectivity index (χ3v) is 3.16. The fourth-order valence-corrected chi connectivity index (χ4v) is 2.44. The number of anilines is 3. The number of hydrazine groups is 1. The third kappa shape index (κ3) is 3.21. The van der Waals surface area contributed by atoms with Gasteiger partial charge in [-0.15, -0.1) is 0 Å². The van der Waals surface area contributed by atoms with E-state index in [0.717, 1.165) is 27.1 Å². The summed E-state index contributed by atoms with van der Waals surface area (Å²) in [5.74, 6) is 7.49. The van der Waals surface area contributed by atoms with Crippen molar-refractivity contribution >= 4 is 33.3 Å². The molecule has 0 fully saturated rings. The lowest BCUT2D eigenvalue weighted by molar-refractivity contribution is 1.03. The lowest BCUT2D eigenvalue weighted by Crippen LogP contribution is -2.13. The van der Waals surface area contributed by atoms with Crippen LogP contribution in [-0.4, -0.2) is 9.97 Å². The molecule has 2 aromatic rings. The molecular formula is C13H16BrN5. The van der Waals surface area contributed by atoms with Gasteiger partial charge in [-0.2, -0.15) is 0 Å². The number of nitrogens with zero attached hydrogens (tertiary/aromatic N) is 2. The topological polar surface area (TPSA) is 75.9 Å². The molecule has 0 aliphatic rings. The first-order valence-electron chi connectivity index (χ1n) is 5.85. The van der Waals surface area contributed by atoms with Gasteiger partial charge in [0.2, 0.25) is 0 Å². The van der Waals surface area contributed by atoms with Crippen LogP contribution >= 0.6 is 15.9 Å². The Bertz CT molecular complexity index is 592. The predicted octanol–water partition coefficient (Wildman–Crippen LogP) is 3.19. The van der Waals surface area contributed by atoms with Crippen molar-refractivity contribution in [2.75, 3.05) is 10.7 Å². The number of aryl methyl sites for hydroxylation is 2. The molecule has 1 aromatic carbocycles. The van der Waals surface area contributed by atoms with Crippen LogP contribution in [0, 0.1) is 20.8 Å². The molecule has 0 saturated heterocycles. The largest absolute Gasteiger partial charge is 0.340 e. The van der Waals surface area contributed by atoms with Crippen molar-refractivity contribution in [3.8, 4) is 0 Å². The van der Waals surface area contributed by atoms with Gasteiger partial charge in [0.15, 0.2) is 0 Å². The first-order valence-corrected chi connectivity index (χ1v) is 6.65. The van der Waals surface area contributed by atoms with E-state index in [9.17, 15) is 0 Å². The van der Waals surface area contributed by atoms with E-state index in [4.69, 9.17) is 5.84 Å². The van der Waals surface area contributed by atoms with Gasteiger partial charge in [-0.05, 0) is 44.5 Å². The van der Waals surface area contributed by atoms with Crippen molar-refractivity contribution in [3.63, 3.8) is 0 Å². The lowest BCUT2D eigenvalue weighted by Gasteiger charge is -2.13. The molecule has 0 bridgehead atoms. The molecule has 0 amide bonds. The number of aromatic nitrogens is 2. The molecule has 0 saturated carbocycles. The van der Waals surface area contributed by atoms with Crippen LogP contribution in [0.15, 0.2) is 22.7 Å². The molecule has 4 N–H and O–H groups in total. The summed E-state index contributed by atoms with van der Waals surface area (Å²) in [5.41, 5.74) is 5.60. The quantitative estimate of drug-likeness (QED) is 0.598. The fraction of sp³-hybridized carbons (Fsp3) is 0.231. The van der Waals surface area contributed by atoms with Gasteiger partial charge in [0.1, 0.15) is 17.5 Å². The number of benzene rings is 1. The summed E-state index contributed by atoms with van der Waals surface area (Å²) < 4.78 is 1.02. The van der Waals surface area contributed by atoms with Crippen LogP contribution in [0.25, 0.3) is 0 Å². The Morgan fingerprint density at radius 2 is 1.74 bits per heavy atom. The second-order valence-corrected chi connectivity index (χ2v) is 5.30. The standard InChI is InChI=1S/C13H16BrN5/c1-7-4-10(14)6-11(5-7)18-12-8(2)13(19-15)17-9(3)16-12/h4-6H,15H2,1-3H3,(H2,16,17,18,19). The van der Waals surface area contributed by atoms with Crippen molar-refractivity contribution in [1.29, 1.82) is 0 Å². The minimum absolute atomic E-state index is 0.627. The summed E-state index contributed by atoms with van der Waals surface area (Å²) >= 11 is 3.48. The smallest absolute Gasteiger partial charge is 0.148 e. The van der Waals surface area contributed by atoms with Crippen molar-refractivity contribution in [2.24, 2.45) is 5.84 Å². The number of halogens is 1. The molecule has 0 aliphatic heterocycles. The second kappa shape index (κ2) is 5.54. The number of rotatable bonds is 3. The maximum atomic E-state index is 5.45. The van der Waals surface area contributed by atoms with Gasteiger partial charge in [-0.3, -0.25) is 0 Å². The number of nitrogen functional groups attached to an aromatic ring is 1. The number of nitrogens with two attached hydrogens (primary N) is 1. The summed E-state index contributed by atoms with van der Waals surface area (Å²) in [4.78, 5) is 8.63. The second-order valence-electron chi connectivity index (χ2n) is 4.38.